The van der Waals surface area contributed by atoms with Gasteiger partial charge in [0.15, 0.2) is 4.96 Å². The quantitative estimate of drug-likeness (QED) is 0.779. The minimum absolute atomic E-state index is 0.221. The van der Waals surface area contributed by atoms with Gasteiger partial charge >= 0.3 is 0 Å². The van der Waals surface area contributed by atoms with Gasteiger partial charge in [-0.25, -0.2) is 15.0 Å². The summed E-state index contributed by atoms with van der Waals surface area (Å²) in [6.07, 6.45) is 6.06. The van der Waals surface area contributed by atoms with E-state index in [1.807, 2.05) is 22.2 Å². The van der Waals surface area contributed by atoms with E-state index in [0.717, 1.165) is 16.3 Å². The van der Waals surface area contributed by atoms with Crippen LogP contribution in [-0.2, 0) is 6.42 Å². The van der Waals surface area contributed by atoms with Crippen LogP contribution < -0.4 is 10.5 Å². The van der Waals surface area contributed by atoms with E-state index in [2.05, 4.69) is 15.0 Å². The normalized spacial score (nSPS) is 12.7. The molecule has 0 bridgehead atoms. The number of aromatic nitrogens is 4. The maximum Gasteiger partial charge on any atom is 0.216 e. The van der Waals surface area contributed by atoms with E-state index >= 15 is 0 Å². The summed E-state index contributed by atoms with van der Waals surface area (Å²) >= 11 is 1.60. The monoisotopic (exact) mass is 275 g/mol. The van der Waals surface area contributed by atoms with Crippen molar-refractivity contribution in [3.63, 3.8) is 0 Å². The Morgan fingerprint density at radius 3 is 3.16 bits per heavy atom. The highest BCUT2D eigenvalue weighted by Gasteiger charge is 2.12. The van der Waals surface area contributed by atoms with Crippen molar-refractivity contribution in [1.82, 2.24) is 19.4 Å². The van der Waals surface area contributed by atoms with Gasteiger partial charge in [-0.3, -0.25) is 4.40 Å². The Morgan fingerprint density at radius 1 is 1.47 bits per heavy atom. The summed E-state index contributed by atoms with van der Waals surface area (Å²) < 4.78 is 7.06. The number of methoxy groups -OCH3 is 1. The summed E-state index contributed by atoms with van der Waals surface area (Å²) in [6.45, 7) is 0. The number of nitrogens with zero attached hydrogens (tertiary/aromatic N) is 4. The largest absolute Gasteiger partial charge is 0.481 e. The topological polar surface area (TPSA) is 78.3 Å². The third kappa shape index (κ3) is 2.42. The Kier molecular flexibility index (Phi) is 3.14. The van der Waals surface area contributed by atoms with Crippen molar-refractivity contribution in [3.05, 3.63) is 41.6 Å². The first-order valence-corrected chi connectivity index (χ1v) is 6.67. The van der Waals surface area contributed by atoms with Crippen molar-refractivity contribution in [2.75, 3.05) is 7.11 Å². The van der Waals surface area contributed by atoms with Crippen LogP contribution in [0.3, 0.4) is 0 Å². The summed E-state index contributed by atoms with van der Waals surface area (Å²) in [4.78, 5) is 13.6. The highest BCUT2D eigenvalue weighted by molar-refractivity contribution is 7.15. The van der Waals surface area contributed by atoms with Crippen molar-refractivity contribution < 1.29 is 4.74 Å². The standard InChI is InChI=1S/C12H13N5OS/c1-18-11-5-10(14-7-15-11)9(13)4-8-6-17-2-3-19-12(17)16-8/h2-3,5-7,9H,4,13H2,1H3. The minimum Gasteiger partial charge on any atom is -0.481 e. The first-order chi connectivity index (χ1) is 9.26. The van der Waals surface area contributed by atoms with Crippen LogP contribution in [0.2, 0.25) is 0 Å². The van der Waals surface area contributed by atoms with Gasteiger partial charge in [-0.1, -0.05) is 0 Å². The molecule has 98 valence electrons. The van der Waals surface area contributed by atoms with E-state index in [1.165, 1.54) is 6.33 Å². The predicted octanol–water partition coefficient (Wildman–Crippen LogP) is 1.44. The third-order valence-corrected chi connectivity index (χ3v) is 3.60. The van der Waals surface area contributed by atoms with Crippen molar-refractivity contribution in [2.24, 2.45) is 5.73 Å². The zero-order chi connectivity index (χ0) is 13.2. The number of hydrogen-bond acceptors (Lipinski definition) is 6. The lowest BCUT2D eigenvalue weighted by atomic mass is 10.1. The third-order valence-electron chi connectivity index (χ3n) is 2.82. The second kappa shape index (κ2) is 4.94. The summed E-state index contributed by atoms with van der Waals surface area (Å²) in [6, 6.07) is 1.53. The van der Waals surface area contributed by atoms with Crippen molar-refractivity contribution in [1.29, 1.82) is 0 Å². The number of thiazole rings is 1. The maximum absolute atomic E-state index is 6.15. The molecule has 1 atom stereocenters. The van der Waals surface area contributed by atoms with E-state index in [0.29, 0.717) is 12.3 Å². The van der Waals surface area contributed by atoms with Crippen molar-refractivity contribution in [2.45, 2.75) is 12.5 Å². The molecule has 0 amide bonds. The molecule has 0 saturated carbocycles. The highest BCUT2D eigenvalue weighted by Crippen LogP contribution is 2.18. The molecule has 0 fully saturated rings. The smallest absolute Gasteiger partial charge is 0.216 e. The molecule has 0 aliphatic rings. The molecule has 6 nitrogen and oxygen atoms in total. The first-order valence-electron chi connectivity index (χ1n) is 5.79. The van der Waals surface area contributed by atoms with Crippen LogP contribution in [0.4, 0.5) is 0 Å². The zero-order valence-electron chi connectivity index (χ0n) is 10.4. The Hall–Kier alpha value is -1.99. The van der Waals surface area contributed by atoms with Crippen LogP contribution in [0.15, 0.2) is 30.2 Å². The van der Waals surface area contributed by atoms with Crippen LogP contribution in [0.1, 0.15) is 17.4 Å². The molecule has 0 aliphatic carbocycles. The Morgan fingerprint density at radius 2 is 2.37 bits per heavy atom. The molecule has 3 aromatic heterocycles. The number of fused-ring (bicyclic) bond motifs is 1. The zero-order valence-corrected chi connectivity index (χ0v) is 11.2. The van der Waals surface area contributed by atoms with E-state index in [9.17, 15) is 0 Å². The minimum atomic E-state index is -0.221. The van der Waals surface area contributed by atoms with Gasteiger partial charge in [0.25, 0.3) is 0 Å². The van der Waals surface area contributed by atoms with Crippen LogP contribution in [0.5, 0.6) is 5.88 Å². The van der Waals surface area contributed by atoms with E-state index < -0.39 is 0 Å². The Labute approximate surface area is 113 Å². The molecule has 3 rings (SSSR count). The molecule has 0 saturated heterocycles. The SMILES string of the molecule is COc1cc(C(N)Cc2cn3ccsc3n2)ncn1. The number of imidazole rings is 1. The first kappa shape index (κ1) is 12.1. The number of ether oxygens (including phenoxy) is 1. The molecular formula is C12H13N5OS. The highest BCUT2D eigenvalue weighted by atomic mass is 32.1. The number of nitrogens with two attached hydrogens (primary N) is 1. The summed E-state index contributed by atoms with van der Waals surface area (Å²) in [7, 11) is 1.57. The lowest BCUT2D eigenvalue weighted by molar-refractivity contribution is 0.395. The average Bonchev–Trinajstić information content (AvgIpc) is 2.99. The van der Waals surface area contributed by atoms with Gasteiger partial charge in [0, 0.05) is 30.3 Å². The fourth-order valence-corrected chi connectivity index (χ4v) is 2.59. The van der Waals surface area contributed by atoms with Gasteiger partial charge in [-0.15, -0.1) is 11.3 Å². The van der Waals surface area contributed by atoms with Crippen molar-refractivity contribution >= 4 is 16.3 Å². The second-order valence-corrected chi connectivity index (χ2v) is 4.99. The fourth-order valence-electron chi connectivity index (χ4n) is 1.87. The van der Waals surface area contributed by atoms with E-state index in [1.54, 1.807) is 24.5 Å². The van der Waals surface area contributed by atoms with Gasteiger partial charge in [0.1, 0.15) is 6.33 Å². The fraction of sp³-hybridized carbons (Fsp3) is 0.250. The molecule has 0 spiro atoms. The molecule has 3 heterocycles. The van der Waals surface area contributed by atoms with Crippen LogP contribution >= 0.6 is 11.3 Å². The van der Waals surface area contributed by atoms with E-state index in [4.69, 9.17) is 10.5 Å². The molecule has 1 unspecified atom stereocenters. The van der Waals surface area contributed by atoms with Gasteiger partial charge in [0.2, 0.25) is 5.88 Å². The van der Waals surface area contributed by atoms with Gasteiger partial charge in [0.05, 0.1) is 24.5 Å². The Bertz CT molecular complexity index is 664. The molecule has 2 N–H and O–H groups in total. The molecule has 0 aliphatic heterocycles. The van der Waals surface area contributed by atoms with E-state index in [-0.39, 0.29) is 6.04 Å². The molecular weight excluding hydrogens is 262 g/mol. The lowest BCUT2D eigenvalue weighted by Crippen LogP contribution is -2.15. The molecule has 7 heteroatoms. The average molecular weight is 275 g/mol. The van der Waals surface area contributed by atoms with Gasteiger partial charge < -0.3 is 10.5 Å². The maximum atomic E-state index is 6.15. The molecule has 0 aromatic carbocycles. The van der Waals surface area contributed by atoms with Gasteiger partial charge in [-0.2, -0.15) is 0 Å². The van der Waals surface area contributed by atoms with Crippen LogP contribution in [0, 0.1) is 0 Å². The van der Waals surface area contributed by atoms with Crippen molar-refractivity contribution in [3.8, 4) is 5.88 Å². The molecule has 3 aromatic rings. The van der Waals surface area contributed by atoms with Crippen LogP contribution in [-0.4, -0.2) is 26.5 Å². The Balaban J connectivity index is 1.80. The van der Waals surface area contributed by atoms with Gasteiger partial charge in [-0.05, 0) is 0 Å². The summed E-state index contributed by atoms with van der Waals surface area (Å²) in [5.74, 6) is 0.520. The molecule has 0 radical (unpaired) electrons. The molecule has 19 heavy (non-hydrogen) atoms. The summed E-state index contributed by atoms with van der Waals surface area (Å²) in [5.41, 5.74) is 7.86. The predicted molar refractivity (Wildman–Crippen MR) is 72.3 cm³/mol. The summed E-state index contributed by atoms with van der Waals surface area (Å²) in [5, 5.41) is 2.00. The number of rotatable bonds is 4. The number of hydrogen-bond donors (Lipinski definition) is 1. The lowest BCUT2D eigenvalue weighted by Gasteiger charge is -2.09. The second-order valence-electron chi connectivity index (χ2n) is 4.12. The van der Waals surface area contributed by atoms with Crippen LogP contribution in [0.25, 0.3) is 4.96 Å².